The zero-order chi connectivity index (χ0) is 21.8. The third kappa shape index (κ3) is 5.75. The Labute approximate surface area is 195 Å². The third-order valence-electron chi connectivity index (χ3n) is 5.50. The summed E-state index contributed by atoms with van der Waals surface area (Å²) in [5.74, 6) is 3.53. The van der Waals surface area contributed by atoms with Crippen LogP contribution in [0, 0.1) is 11.8 Å². The van der Waals surface area contributed by atoms with Gasteiger partial charge in [0.05, 0.1) is 12.1 Å². The summed E-state index contributed by atoms with van der Waals surface area (Å²) < 4.78 is 0. The Balaban J connectivity index is 1.58. The smallest absolute Gasteiger partial charge is 0.100 e. The maximum absolute atomic E-state index is 5.05. The summed E-state index contributed by atoms with van der Waals surface area (Å²) in [6.07, 6.45) is 2.31. The molecule has 0 saturated carbocycles. The number of anilines is 2. The van der Waals surface area contributed by atoms with Crippen LogP contribution in [0.3, 0.4) is 0 Å². The standard InChI is InChI=1S/C26H33N3S2/c1-17(2)13-19-15-30-25(27-19)21-9-5-7-11-23(21)29-24-12-8-6-10-22(24)26-28-20(16-31-26)14-18(3)4/h5-12,17-20,29H,13-16H2,1-4H3/t19-,20-/m0/s1. The van der Waals surface area contributed by atoms with E-state index in [4.69, 9.17) is 9.98 Å². The molecule has 0 unspecified atom stereocenters. The molecule has 164 valence electrons. The average Bonchev–Trinajstić information content (AvgIpc) is 3.38. The van der Waals surface area contributed by atoms with Crippen LogP contribution in [0.2, 0.25) is 0 Å². The van der Waals surface area contributed by atoms with Gasteiger partial charge >= 0.3 is 0 Å². The van der Waals surface area contributed by atoms with Gasteiger partial charge in [0.2, 0.25) is 0 Å². The van der Waals surface area contributed by atoms with Gasteiger partial charge in [0, 0.05) is 34.0 Å². The van der Waals surface area contributed by atoms with E-state index in [9.17, 15) is 0 Å². The first-order valence-corrected chi connectivity index (χ1v) is 13.3. The fourth-order valence-corrected chi connectivity index (χ4v) is 6.39. The van der Waals surface area contributed by atoms with Gasteiger partial charge in [-0.05, 0) is 36.8 Å². The number of nitrogens with one attached hydrogen (secondary N) is 1. The lowest BCUT2D eigenvalue weighted by Crippen LogP contribution is -2.07. The molecule has 5 heteroatoms. The minimum Gasteiger partial charge on any atom is -0.354 e. The van der Waals surface area contributed by atoms with E-state index in [1.54, 1.807) is 0 Å². The zero-order valence-electron chi connectivity index (χ0n) is 19.0. The molecule has 0 amide bonds. The summed E-state index contributed by atoms with van der Waals surface area (Å²) in [5, 5.41) is 6.04. The van der Waals surface area contributed by atoms with Crippen LogP contribution in [-0.4, -0.2) is 33.7 Å². The summed E-state index contributed by atoms with van der Waals surface area (Å²) in [6, 6.07) is 18.0. The van der Waals surface area contributed by atoms with E-state index in [1.807, 2.05) is 23.5 Å². The van der Waals surface area contributed by atoms with Crippen molar-refractivity contribution in [2.75, 3.05) is 16.8 Å². The Hall–Kier alpha value is -1.72. The number of hydrogen-bond acceptors (Lipinski definition) is 5. The van der Waals surface area contributed by atoms with E-state index in [-0.39, 0.29) is 0 Å². The molecule has 1 N–H and O–H groups in total. The van der Waals surface area contributed by atoms with Gasteiger partial charge in [0.25, 0.3) is 0 Å². The fraction of sp³-hybridized carbons (Fsp3) is 0.462. The molecule has 2 heterocycles. The van der Waals surface area contributed by atoms with Crippen LogP contribution in [0.1, 0.15) is 51.7 Å². The molecule has 0 aliphatic carbocycles. The second-order valence-corrected chi connectivity index (χ2v) is 11.3. The second kappa shape index (κ2) is 10.3. The first kappa shape index (κ1) is 22.5. The molecule has 0 bridgehead atoms. The van der Waals surface area contributed by atoms with E-state index in [2.05, 4.69) is 81.5 Å². The van der Waals surface area contributed by atoms with Crippen molar-refractivity contribution >= 4 is 45.0 Å². The molecule has 4 rings (SSSR count). The number of thioether (sulfide) groups is 2. The van der Waals surface area contributed by atoms with Crippen molar-refractivity contribution in [2.24, 2.45) is 21.8 Å². The van der Waals surface area contributed by atoms with Gasteiger partial charge in [-0.25, -0.2) is 0 Å². The van der Waals surface area contributed by atoms with Crippen LogP contribution in [0.15, 0.2) is 58.5 Å². The van der Waals surface area contributed by atoms with E-state index < -0.39 is 0 Å². The minimum absolute atomic E-state index is 0.433. The Morgan fingerprint density at radius 1 is 0.742 bits per heavy atom. The van der Waals surface area contributed by atoms with Crippen LogP contribution in [0.25, 0.3) is 0 Å². The number of benzene rings is 2. The van der Waals surface area contributed by atoms with Gasteiger partial charge in [-0.3, -0.25) is 9.98 Å². The molecule has 0 aromatic heterocycles. The van der Waals surface area contributed by atoms with Crippen molar-refractivity contribution in [1.82, 2.24) is 0 Å². The third-order valence-corrected chi connectivity index (χ3v) is 7.80. The van der Waals surface area contributed by atoms with Gasteiger partial charge in [0.15, 0.2) is 0 Å². The lowest BCUT2D eigenvalue weighted by molar-refractivity contribution is 0.529. The van der Waals surface area contributed by atoms with E-state index in [0.29, 0.717) is 23.9 Å². The molecule has 31 heavy (non-hydrogen) atoms. The summed E-state index contributed by atoms with van der Waals surface area (Å²) in [6.45, 7) is 9.11. The van der Waals surface area contributed by atoms with Crippen molar-refractivity contribution in [3.05, 3.63) is 59.7 Å². The second-order valence-electron chi connectivity index (χ2n) is 9.27. The van der Waals surface area contributed by atoms with Crippen LogP contribution in [-0.2, 0) is 0 Å². The van der Waals surface area contributed by atoms with Crippen LogP contribution in [0.5, 0.6) is 0 Å². The topological polar surface area (TPSA) is 36.8 Å². The highest BCUT2D eigenvalue weighted by Gasteiger charge is 2.24. The Bertz CT molecular complexity index is 887. The molecule has 0 saturated heterocycles. The van der Waals surface area contributed by atoms with Crippen LogP contribution in [0.4, 0.5) is 11.4 Å². The SMILES string of the molecule is CC(C)C[C@H]1CSC(c2ccccc2Nc2ccccc2C2=N[C@@H](CC(C)C)CS2)=N1. The van der Waals surface area contributed by atoms with Crippen molar-refractivity contribution in [3.63, 3.8) is 0 Å². The van der Waals surface area contributed by atoms with Crippen LogP contribution < -0.4 is 5.32 Å². The van der Waals surface area contributed by atoms with Crippen molar-refractivity contribution in [2.45, 2.75) is 52.6 Å². The number of para-hydroxylation sites is 2. The summed E-state index contributed by atoms with van der Waals surface area (Å²) in [4.78, 5) is 10.1. The lowest BCUT2D eigenvalue weighted by atomic mass is 10.1. The maximum Gasteiger partial charge on any atom is 0.100 e. The van der Waals surface area contributed by atoms with Gasteiger partial charge in [-0.15, -0.1) is 23.5 Å². The van der Waals surface area contributed by atoms with Gasteiger partial charge in [-0.1, -0.05) is 64.1 Å². The summed E-state index contributed by atoms with van der Waals surface area (Å²) in [7, 11) is 0. The molecule has 2 aromatic rings. The highest BCUT2D eigenvalue weighted by molar-refractivity contribution is 8.15. The number of aliphatic imine (C=N–C) groups is 2. The number of rotatable bonds is 8. The van der Waals surface area contributed by atoms with Crippen LogP contribution >= 0.6 is 23.5 Å². The minimum atomic E-state index is 0.433. The van der Waals surface area contributed by atoms with E-state index in [0.717, 1.165) is 45.8 Å². The van der Waals surface area contributed by atoms with Crippen molar-refractivity contribution in [1.29, 1.82) is 0 Å². The largest absolute Gasteiger partial charge is 0.354 e. The predicted octanol–water partition coefficient (Wildman–Crippen LogP) is 7.25. The van der Waals surface area contributed by atoms with E-state index >= 15 is 0 Å². The lowest BCUT2D eigenvalue weighted by Gasteiger charge is -2.15. The molecule has 2 atom stereocenters. The molecule has 3 nitrogen and oxygen atoms in total. The van der Waals surface area contributed by atoms with Crippen molar-refractivity contribution in [3.8, 4) is 0 Å². The first-order valence-electron chi connectivity index (χ1n) is 11.4. The number of nitrogens with zero attached hydrogens (tertiary/aromatic N) is 2. The predicted molar refractivity (Wildman–Crippen MR) is 141 cm³/mol. The quantitative estimate of drug-likeness (QED) is 0.459. The molecular weight excluding hydrogens is 418 g/mol. The molecule has 0 spiro atoms. The monoisotopic (exact) mass is 451 g/mol. The molecular formula is C26H33N3S2. The Kier molecular flexibility index (Phi) is 7.44. The highest BCUT2D eigenvalue weighted by atomic mass is 32.2. The van der Waals surface area contributed by atoms with Gasteiger partial charge in [-0.2, -0.15) is 0 Å². The number of hydrogen-bond donors (Lipinski definition) is 1. The van der Waals surface area contributed by atoms with Gasteiger partial charge < -0.3 is 5.32 Å². The summed E-state index contributed by atoms with van der Waals surface area (Å²) in [5.41, 5.74) is 4.64. The maximum atomic E-state index is 5.05. The zero-order valence-corrected chi connectivity index (χ0v) is 20.6. The molecule has 2 aromatic carbocycles. The highest BCUT2D eigenvalue weighted by Crippen LogP contribution is 2.34. The molecule has 0 fully saturated rings. The fourth-order valence-electron chi connectivity index (χ4n) is 4.16. The average molecular weight is 452 g/mol. The van der Waals surface area contributed by atoms with E-state index in [1.165, 1.54) is 11.1 Å². The Morgan fingerprint density at radius 2 is 1.16 bits per heavy atom. The van der Waals surface area contributed by atoms with Gasteiger partial charge in [0.1, 0.15) is 10.1 Å². The molecule has 0 radical (unpaired) electrons. The summed E-state index contributed by atoms with van der Waals surface area (Å²) >= 11 is 3.78. The molecule has 2 aliphatic heterocycles. The van der Waals surface area contributed by atoms with Crippen molar-refractivity contribution < 1.29 is 0 Å². The molecule has 2 aliphatic rings. The Morgan fingerprint density at radius 3 is 1.58 bits per heavy atom. The normalized spacial score (nSPS) is 21.0. The first-order chi connectivity index (χ1) is 15.0.